The van der Waals surface area contributed by atoms with Crippen molar-refractivity contribution in [2.45, 2.75) is 13.8 Å². The van der Waals surface area contributed by atoms with Gasteiger partial charge in [-0.2, -0.15) is 0 Å². The van der Waals surface area contributed by atoms with Crippen molar-refractivity contribution in [3.8, 4) is 0 Å². The number of hydrogen-bond acceptors (Lipinski definition) is 2. The highest BCUT2D eigenvalue weighted by molar-refractivity contribution is 6.44. The minimum Gasteiger partial charge on any atom is -0.290 e. The standard InChI is InChI=1S/C11H11ClO2/c1-7(2)10(13)11(14)8-3-5-9(12)6-4-8/h3-7H,1-2H3. The summed E-state index contributed by atoms with van der Waals surface area (Å²) in [7, 11) is 0. The SMILES string of the molecule is CC(C)C(=O)C(=O)c1ccc(Cl)cc1. The topological polar surface area (TPSA) is 34.1 Å². The molecule has 1 aromatic carbocycles. The zero-order chi connectivity index (χ0) is 10.7. The number of benzene rings is 1. The van der Waals surface area contributed by atoms with Crippen LogP contribution in [0.1, 0.15) is 24.2 Å². The molecule has 1 rings (SSSR count). The fourth-order valence-corrected chi connectivity index (χ4v) is 1.13. The molecule has 14 heavy (non-hydrogen) atoms. The molecule has 0 fully saturated rings. The zero-order valence-electron chi connectivity index (χ0n) is 8.08. The molecule has 1 aromatic rings. The van der Waals surface area contributed by atoms with E-state index in [9.17, 15) is 9.59 Å². The summed E-state index contributed by atoms with van der Waals surface area (Å²) >= 11 is 5.66. The Bertz CT molecular complexity index is 352. The predicted molar refractivity (Wildman–Crippen MR) is 55.6 cm³/mol. The van der Waals surface area contributed by atoms with E-state index >= 15 is 0 Å². The highest BCUT2D eigenvalue weighted by Crippen LogP contribution is 2.11. The van der Waals surface area contributed by atoms with Crippen molar-refractivity contribution in [1.82, 2.24) is 0 Å². The molecule has 0 bridgehead atoms. The van der Waals surface area contributed by atoms with E-state index in [2.05, 4.69) is 0 Å². The number of carbonyl (C=O) groups is 2. The van der Waals surface area contributed by atoms with E-state index in [1.54, 1.807) is 38.1 Å². The summed E-state index contributed by atoms with van der Waals surface area (Å²) in [5.74, 6) is -1.08. The van der Waals surface area contributed by atoms with E-state index in [-0.39, 0.29) is 11.7 Å². The average Bonchev–Trinajstić information content (AvgIpc) is 2.16. The lowest BCUT2D eigenvalue weighted by Gasteiger charge is -2.02. The Morgan fingerprint density at radius 3 is 2.07 bits per heavy atom. The lowest BCUT2D eigenvalue weighted by atomic mass is 10.00. The predicted octanol–water partition coefficient (Wildman–Crippen LogP) is 2.75. The highest BCUT2D eigenvalue weighted by atomic mass is 35.5. The van der Waals surface area contributed by atoms with Crippen LogP contribution in [0.25, 0.3) is 0 Å². The molecule has 74 valence electrons. The molecule has 0 saturated carbocycles. The Kier molecular flexibility index (Phi) is 3.42. The maximum absolute atomic E-state index is 11.5. The summed E-state index contributed by atoms with van der Waals surface area (Å²) in [6.45, 7) is 3.41. The van der Waals surface area contributed by atoms with Crippen molar-refractivity contribution in [3.63, 3.8) is 0 Å². The van der Waals surface area contributed by atoms with E-state index in [1.807, 2.05) is 0 Å². The Morgan fingerprint density at radius 1 is 1.14 bits per heavy atom. The van der Waals surface area contributed by atoms with Gasteiger partial charge in [-0.15, -0.1) is 0 Å². The average molecular weight is 211 g/mol. The number of halogens is 1. The van der Waals surface area contributed by atoms with Gasteiger partial charge < -0.3 is 0 Å². The molecule has 0 radical (unpaired) electrons. The number of hydrogen-bond donors (Lipinski definition) is 0. The molecular formula is C11H11ClO2. The minimum atomic E-state index is -0.448. The van der Waals surface area contributed by atoms with E-state index in [0.717, 1.165) is 0 Å². The first-order valence-corrected chi connectivity index (χ1v) is 4.74. The highest BCUT2D eigenvalue weighted by Gasteiger charge is 2.18. The van der Waals surface area contributed by atoms with Crippen LogP contribution in [-0.4, -0.2) is 11.6 Å². The van der Waals surface area contributed by atoms with Gasteiger partial charge in [-0.05, 0) is 24.3 Å². The summed E-state index contributed by atoms with van der Waals surface area (Å²) in [6.07, 6.45) is 0. The van der Waals surface area contributed by atoms with Crippen molar-refractivity contribution in [1.29, 1.82) is 0 Å². The Hall–Kier alpha value is -1.15. The largest absolute Gasteiger partial charge is 0.290 e. The van der Waals surface area contributed by atoms with Crippen LogP contribution < -0.4 is 0 Å². The summed E-state index contributed by atoms with van der Waals surface area (Å²) in [5, 5.41) is 0.554. The van der Waals surface area contributed by atoms with Crippen molar-refractivity contribution >= 4 is 23.2 Å². The van der Waals surface area contributed by atoms with Crippen molar-refractivity contribution in [2.24, 2.45) is 5.92 Å². The molecule has 0 aromatic heterocycles. The lowest BCUT2D eigenvalue weighted by molar-refractivity contribution is -0.117. The fraction of sp³-hybridized carbons (Fsp3) is 0.273. The third kappa shape index (κ3) is 2.42. The molecule has 0 saturated heterocycles. The van der Waals surface area contributed by atoms with Gasteiger partial charge >= 0.3 is 0 Å². The van der Waals surface area contributed by atoms with Gasteiger partial charge in [-0.25, -0.2) is 0 Å². The third-order valence-electron chi connectivity index (χ3n) is 1.85. The molecule has 0 aliphatic heterocycles. The molecular weight excluding hydrogens is 200 g/mol. The molecule has 0 aliphatic carbocycles. The second-order valence-corrected chi connectivity index (χ2v) is 3.79. The number of carbonyl (C=O) groups excluding carboxylic acids is 2. The summed E-state index contributed by atoms with van der Waals surface area (Å²) in [4.78, 5) is 22.9. The molecule has 3 heteroatoms. The smallest absolute Gasteiger partial charge is 0.228 e. The quantitative estimate of drug-likeness (QED) is 0.568. The van der Waals surface area contributed by atoms with E-state index in [4.69, 9.17) is 11.6 Å². The van der Waals surface area contributed by atoms with Crippen LogP contribution in [0.15, 0.2) is 24.3 Å². The second kappa shape index (κ2) is 4.38. The normalized spacial score (nSPS) is 10.3. The van der Waals surface area contributed by atoms with Gasteiger partial charge in [0.05, 0.1) is 0 Å². The number of ketones is 2. The van der Waals surface area contributed by atoms with Gasteiger partial charge in [0, 0.05) is 16.5 Å². The Morgan fingerprint density at radius 2 is 1.64 bits per heavy atom. The number of rotatable bonds is 3. The third-order valence-corrected chi connectivity index (χ3v) is 2.11. The van der Waals surface area contributed by atoms with Gasteiger partial charge in [0.25, 0.3) is 0 Å². The van der Waals surface area contributed by atoms with Gasteiger partial charge in [-0.3, -0.25) is 9.59 Å². The first-order chi connectivity index (χ1) is 6.52. The van der Waals surface area contributed by atoms with Gasteiger partial charge in [0.2, 0.25) is 11.6 Å². The van der Waals surface area contributed by atoms with Crippen LogP contribution in [-0.2, 0) is 4.79 Å². The van der Waals surface area contributed by atoms with Crippen LogP contribution in [0.2, 0.25) is 5.02 Å². The summed E-state index contributed by atoms with van der Waals surface area (Å²) < 4.78 is 0. The summed E-state index contributed by atoms with van der Waals surface area (Å²) in [5.41, 5.74) is 0.396. The van der Waals surface area contributed by atoms with Crippen molar-refractivity contribution < 1.29 is 9.59 Å². The Balaban J connectivity index is 2.90. The van der Waals surface area contributed by atoms with Gasteiger partial charge in [0.15, 0.2) is 0 Å². The molecule has 0 N–H and O–H groups in total. The van der Waals surface area contributed by atoms with Crippen LogP contribution in [0.5, 0.6) is 0 Å². The monoisotopic (exact) mass is 210 g/mol. The maximum atomic E-state index is 11.5. The molecule has 0 unspecified atom stereocenters. The molecule has 0 amide bonds. The van der Waals surface area contributed by atoms with Crippen molar-refractivity contribution in [3.05, 3.63) is 34.9 Å². The molecule has 2 nitrogen and oxygen atoms in total. The zero-order valence-corrected chi connectivity index (χ0v) is 8.84. The molecule has 0 aliphatic rings. The Labute approximate surface area is 87.9 Å². The molecule has 0 heterocycles. The summed E-state index contributed by atoms with van der Waals surface area (Å²) in [6, 6.07) is 6.32. The lowest BCUT2D eigenvalue weighted by Crippen LogP contribution is -2.19. The van der Waals surface area contributed by atoms with Crippen LogP contribution in [0.3, 0.4) is 0 Å². The molecule has 0 atom stereocenters. The number of Topliss-reactive ketones (excluding diaryl/α,β-unsaturated/α-hetero) is 2. The van der Waals surface area contributed by atoms with Gasteiger partial charge in [0.1, 0.15) is 0 Å². The van der Waals surface area contributed by atoms with Crippen LogP contribution >= 0.6 is 11.6 Å². The van der Waals surface area contributed by atoms with Crippen LogP contribution in [0, 0.1) is 5.92 Å². The van der Waals surface area contributed by atoms with Crippen LogP contribution in [0.4, 0.5) is 0 Å². The maximum Gasteiger partial charge on any atom is 0.228 e. The van der Waals surface area contributed by atoms with E-state index in [0.29, 0.717) is 10.6 Å². The first kappa shape index (κ1) is 10.9. The van der Waals surface area contributed by atoms with E-state index in [1.165, 1.54) is 0 Å². The minimum absolute atomic E-state index is 0.266. The van der Waals surface area contributed by atoms with Crippen molar-refractivity contribution in [2.75, 3.05) is 0 Å². The fourth-order valence-electron chi connectivity index (χ4n) is 1.01. The van der Waals surface area contributed by atoms with E-state index < -0.39 is 5.78 Å². The van der Waals surface area contributed by atoms with Gasteiger partial charge in [-0.1, -0.05) is 25.4 Å². The second-order valence-electron chi connectivity index (χ2n) is 3.35. The first-order valence-electron chi connectivity index (χ1n) is 4.36. The molecule has 0 spiro atoms.